The molecule has 0 radical (unpaired) electrons. The van der Waals surface area contributed by atoms with Crippen LogP contribution in [0.3, 0.4) is 0 Å². The summed E-state index contributed by atoms with van der Waals surface area (Å²) >= 11 is 0. The number of fused-ring (bicyclic) bond motifs is 2. The molecule has 0 saturated carbocycles. The van der Waals surface area contributed by atoms with Crippen LogP contribution in [0.5, 0.6) is 11.5 Å². The molecule has 0 aromatic heterocycles. The first-order valence-electron chi connectivity index (χ1n) is 26.1. The number of aliphatic carboxylic acids is 2. The minimum absolute atomic E-state index is 0. The molecule has 448 valence electrons. The van der Waals surface area contributed by atoms with Crippen LogP contribution in [0, 0.1) is 11.6 Å². The zero-order valence-electron chi connectivity index (χ0n) is 48.2. The summed E-state index contributed by atoms with van der Waals surface area (Å²) < 4.78 is 105. The molecule has 2 atom stereocenters. The van der Waals surface area contributed by atoms with Crippen molar-refractivity contribution in [1.29, 1.82) is 0 Å². The average molecular weight is 1210 g/mol. The summed E-state index contributed by atoms with van der Waals surface area (Å²) in [5, 5.41) is 21.4. The molecule has 0 saturated heterocycles. The van der Waals surface area contributed by atoms with E-state index in [0.717, 1.165) is 8.61 Å². The number of benzene rings is 8. The molecule has 0 aliphatic carbocycles. The van der Waals surface area contributed by atoms with Crippen LogP contribution in [-0.2, 0) is 61.8 Å². The number of carboxylic acids is 2. The zero-order chi connectivity index (χ0) is 60.9. The van der Waals surface area contributed by atoms with Crippen LogP contribution in [0.15, 0.2) is 180 Å². The summed E-state index contributed by atoms with van der Waals surface area (Å²) in [4.78, 5) is 51.9. The van der Waals surface area contributed by atoms with Crippen LogP contribution in [0.2, 0.25) is 0 Å². The van der Waals surface area contributed by atoms with E-state index in [1.807, 2.05) is 28.9 Å². The van der Waals surface area contributed by atoms with Gasteiger partial charge >= 0.3 is 42.7 Å². The monoisotopic (exact) mass is 1210 g/mol. The number of hydrogen-bond acceptors (Lipinski definition) is 15. The van der Waals surface area contributed by atoms with Crippen LogP contribution in [-0.4, -0.2) is 110 Å². The minimum Gasteiger partial charge on any atom is -0.870 e. The third-order valence-corrected chi connectivity index (χ3v) is 17.2. The molecule has 19 nitrogen and oxygen atoms in total. The Labute approximate surface area is 509 Å². The van der Waals surface area contributed by atoms with Gasteiger partial charge in [-0.15, -0.1) is 0 Å². The van der Waals surface area contributed by atoms with Gasteiger partial charge in [-0.2, -0.15) is 0 Å². The number of anilines is 4. The second-order valence-electron chi connectivity index (χ2n) is 19.2. The number of ether oxygens (including phenoxy) is 4. The number of halogens is 2. The fourth-order valence-electron chi connectivity index (χ4n) is 9.54. The predicted molar refractivity (Wildman–Crippen MR) is 318 cm³/mol. The second-order valence-corrected chi connectivity index (χ2v) is 23.0. The number of hydrogen-bond donors (Lipinski definition) is 2. The normalized spacial score (nSPS) is 11.7. The van der Waals surface area contributed by atoms with Gasteiger partial charge < -0.3 is 44.4 Å². The van der Waals surface area contributed by atoms with E-state index in [9.17, 15) is 55.0 Å². The van der Waals surface area contributed by atoms with Crippen LogP contribution in [0.1, 0.15) is 37.8 Å². The third-order valence-electron chi connectivity index (χ3n) is 13.7. The maximum atomic E-state index is 14.1. The maximum absolute atomic E-state index is 14.1. The fourth-order valence-corrected chi connectivity index (χ4v) is 12.4. The van der Waals surface area contributed by atoms with Crippen molar-refractivity contribution in [2.24, 2.45) is 0 Å². The van der Waals surface area contributed by atoms with Gasteiger partial charge in [-0.25, -0.2) is 25.6 Å². The van der Waals surface area contributed by atoms with Gasteiger partial charge in [0.15, 0.2) is 0 Å². The van der Waals surface area contributed by atoms with Crippen LogP contribution in [0.4, 0.5) is 31.5 Å². The van der Waals surface area contributed by atoms with Crippen molar-refractivity contribution >= 4 is 88.2 Å². The van der Waals surface area contributed by atoms with Gasteiger partial charge in [0.25, 0.3) is 20.0 Å². The quantitative estimate of drug-likeness (QED) is 0.0445. The third kappa shape index (κ3) is 16.4. The fraction of sp³-hybridized carbons (Fsp3) is 0.226. The molecule has 24 heteroatoms. The van der Waals surface area contributed by atoms with Gasteiger partial charge in [0.05, 0.1) is 62.4 Å². The molecule has 0 fully saturated rings. The number of rotatable bonds is 24. The van der Waals surface area contributed by atoms with Gasteiger partial charge in [-0.1, -0.05) is 72.8 Å². The number of carbonyl (C=O) groups excluding carboxylic acids is 2. The van der Waals surface area contributed by atoms with E-state index in [1.165, 1.54) is 107 Å². The van der Waals surface area contributed by atoms with Crippen molar-refractivity contribution < 1.29 is 98.3 Å². The SMILES string of the molecule is COC(=O)C[C@H](C)N(Cc1cccc(F)c1)c1ccc(N(CC(=O)OC)S(=O)(=O)c2ccc(OC)cc2)c2ccccc12.COc1ccc(S(=O)(=O)N(CC(=O)O)c2ccc(N(Cc3cccc(F)c3)[C@@H](C)CC(=O)O)c3ccccc23)cc1.[Li+].[OH-]. The van der Waals surface area contributed by atoms with Gasteiger partial charge in [0.2, 0.25) is 0 Å². The molecular weight excluding hydrogens is 1150 g/mol. The Hall–Kier alpha value is -8.72. The van der Waals surface area contributed by atoms with Crippen molar-refractivity contribution in [3.63, 3.8) is 0 Å². The van der Waals surface area contributed by atoms with E-state index in [2.05, 4.69) is 0 Å². The van der Waals surface area contributed by atoms with Crippen molar-refractivity contribution in [2.45, 2.75) is 61.7 Å². The second kappa shape index (κ2) is 30.4. The first kappa shape index (κ1) is 68.1. The van der Waals surface area contributed by atoms with Crippen molar-refractivity contribution in [2.75, 3.05) is 59.9 Å². The smallest absolute Gasteiger partial charge is 0.870 e. The van der Waals surface area contributed by atoms with Crippen molar-refractivity contribution in [3.8, 4) is 11.5 Å². The van der Waals surface area contributed by atoms with Gasteiger partial charge in [0, 0.05) is 58.1 Å². The minimum atomic E-state index is -4.32. The molecule has 0 unspecified atom stereocenters. The Morgan fingerprint density at radius 1 is 0.465 bits per heavy atom. The Kier molecular flexibility index (Phi) is 24.0. The summed E-state index contributed by atoms with van der Waals surface area (Å²) in [6.45, 7) is 2.63. The molecule has 0 amide bonds. The summed E-state index contributed by atoms with van der Waals surface area (Å²) in [5.41, 5.74) is 2.95. The first-order valence-corrected chi connectivity index (χ1v) is 28.9. The zero-order valence-corrected chi connectivity index (χ0v) is 49.8. The summed E-state index contributed by atoms with van der Waals surface area (Å²) in [6.07, 6.45) is -0.148. The molecule has 0 aliphatic heterocycles. The molecule has 8 aromatic carbocycles. The average Bonchev–Trinajstić information content (AvgIpc) is 0.931. The van der Waals surface area contributed by atoms with E-state index < -0.39 is 68.9 Å². The molecular formula is C62H63F2LiN4O15S2. The number of carboxylic acid groups (broad SMARTS) is 2. The molecule has 3 N–H and O–H groups in total. The Balaban J connectivity index is 0.000000307. The molecule has 0 aliphatic rings. The topological polar surface area (TPSA) is 257 Å². The Morgan fingerprint density at radius 2 is 0.826 bits per heavy atom. The molecule has 86 heavy (non-hydrogen) atoms. The van der Waals surface area contributed by atoms with Gasteiger partial charge in [0.1, 0.15) is 36.2 Å². The van der Waals surface area contributed by atoms with Crippen LogP contribution in [0.25, 0.3) is 21.5 Å². The van der Waals surface area contributed by atoms with Crippen molar-refractivity contribution in [3.05, 3.63) is 193 Å². The summed E-state index contributed by atoms with van der Waals surface area (Å²) in [5.74, 6) is -3.41. The molecule has 8 rings (SSSR count). The molecule has 0 heterocycles. The largest absolute Gasteiger partial charge is 1.00 e. The number of methoxy groups -OCH3 is 4. The first-order chi connectivity index (χ1) is 40.1. The van der Waals surface area contributed by atoms with E-state index >= 15 is 0 Å². The number of esters is 2. The molecule has 0 spiro atoms. The summed E-state index contributed by atoms with van der Waals surface area (Å²) in [6, 6.07) is 43.3. The predicted octanol–water partition coefficient (Wildman–Crippen LogP) is 7.28. The Morgan fingerprint density at radius 3 is 1.17 bits per heavy atom. The van der Waals surface area contributed by atoms with E-state index in [1.54, 1.807) is 85.8 Å². The molecule has 0 bridgehead atoms. The number of nitrogens with zero attached hydrogens (tertiary/aromatic N) is 4. The Bertz CT molecular complexity index is 3900. The summed E-state index contributed by atoms with van der Waals surface area (Å²) in [7, 11) is -3.13. The number of carbonyl (C=O) groups is 4. The standard InChI is InChI=1S/C32H33FN2O7S.C30H29FN2O7S.Li.H2O/c1-22(18-31(36)41-3)34(20-23-8-7-9-24(33)19-23)29-16-17-30(28-11-6-5-10-27(28)29)35(21-32(37)42-4)43(38,39)26-14-12-25(40-2)13-15-26;1-20(16-29(34)35)32(18-21-6-5-7-22(31)17-21)27-14-15-28(26-9-4-3-8-25(26)27)33(19-30(36)37)41(38,39)24-12-10-23(40-2)11-13-24;;/h5-17,19,22H,18,20-21H2,1-4H3;3-15,17,20H,16,18-19H2,1-2H3,(H,34,35)(H,36,37);;1H2/q;;+1;/p-1/t22-;20-;;/m00../s1. The number of sulfonamides is 2. The van der Waals surface area contributed by atoms with E-state index in [0.29, 0.717) is 55.5 Å². The van der Waals surface area contributed by atoms with Crippen LogP contribution >= 0.6 is 0 Å². The molecule has 8 aromatic rings. The van der Waals surface area contributed by atoms with Crippen molar-refractivity contribution in [1.82, 2.24) is 0 Å². The van der Waals surface area contributed by atoms with E-state index in [4.69, 9.17) is 18.9 Å². The van der Waals surface area contributed by atoms with Gasteiger partial charge in [-0.05, 0) is 122 Å². The van der Waals surface area contributed by atoms with E-state index in [-0.39, 0.29) is 83.3 Å². The maximum Gasteiger partial charge on any atom is 1.00 e. The van der Waals surface area contributed by atoms with Crippen LogP contribution < -0.4 is 46.7 Å². The van der Waals surface area contributed by atoms with Gasteiger partial charge in [-0.3, -0.25) is 27.8 Å².